The van der Waals surface area contributed by atoms with Crippen molar-refractivity contribution in [1.29, 1.82) is 0 Å². The van der Waals surface area contributed by atoms with E-state index in [9.17, 15) is 4.79 Å². The number of carbonyl (C=O) groups excluding carboxylic acids is 1. The molecule has 0 aromatic rings. The molecule has 2 saturated carbocycles. The summed E-state index contributed by atoms with van der Waals surface area (Å²) in [5.74, 6) is 0.0249. The molecule has 2 unspecified atom stereocenters. The van der Waals surface area contributed by atoms with E-state index in [1.54, 1.807) is 0 Å². The van der Waals surface area contributed by atoms with Gasteiger partial charge in [-0.25, -0.2) is 0 Å². The molecule has 0 spiro atoms. The van der Waals surface area contributed by atoms with E-state index in [0.717, 1.165) is 12.5 Å². The van der Waals surface area contributed by atoms with Gasteiger partial charge in [0.25, 0.3) is 14.3 Å². The van der Waals surface area contributed by atoms with Crippen LogP contribution in [0, 0.1) is 5.92 Å². The molecule has 2 aliphatic rings. The minimum Gasteiger partial charge on any atom is -0.518 e. The second-order valence-corrected chi connectivity index (χ2v) is 16.1. The average Bonchev–Trinajstić information content (AvgIpc) is 2.71. The van der Waals surface area contributed by atoms with E-state index >= 15 is 0 Å². The van der Waals surface area contributed by atoms with Gasteiger partial charge in [-0.15, -0.1) is 0 Å². The topological polar surface area (TPSA) is 35.5 Å². The largest absolute Gasteiger partial charge is 0.518 e. The molecular weight excluding hydrogens is 392 g/mol. The summed E-state index contributed by atoms with van der Waals surface area (Å²) < 4.78 is 12.8. The average molecular weight is 439 g/mol. The molecular formula is C24H46O3Si2. The molecule has 2 radical (unpaired) electrons. The smallest absolute Gasteiger partial charge is 0.295 e. The molecule has 29 heavy (non-hydrogen) atoms. The summed E-state index contributed by atoms with van der Waals surface area (Å²) in [6, 6.07) is 0.788. The summed E-state index contributed by atoms with van der Waals surface area (Å²) in [5, 5.41) is 0. The predicted molar refractivity (Wildman–Crippen MR) is 126 cm³/mol. The third-order valence-corrected chi connectivity index (χ3v) is 15.1. The van der Waals surface area contributed by atoms with Gasteiger partial charge in [0.05, 0.1) is 5.92 Å². The van der Waals surface area contributed by atoms with Crippen molar-refractivity contribution in [2.24, 2.45) is 5.92 Å². The van der Waals surface area contributed by atoms with Gasteiger partial charge in [0, 0.05) is 5.60 Å². The first-order valence-electron chi connectivity index (χ1n) is 12.3. The molecule has 0 heterocycles. The van der Waals surface area contributed by atoms with E-state index in [1.165, 1.54) is 64.2 Å². The Hall–Kier alpha value is -0.136. The fourth-order valence-corrected chi connectivity index (χ4v) is 13.1. The van der Waals surface area contributed by atoms with Crippen LogP contribution in [0.3, 0.4) is 0 Å². The third kappa shape index (κ3) is 6.93. The summed E-state index contributed by atoms with van der Waals surface area (Å²) in [5.41, 5.74) is 1.79. The fourth-order valence-electron chi connectivity index (χ4n) is 5.57. The van der Waals surface area contributed by atoms with Gasteiger partial charge >= 0.3 is 0 Å². The Morgan fingerprint density at radius 2 is 1.45 bits per heavy atom. The first-order valence-corrected chi connectivity index (χ1v) is 15.6. The monoisotopic (exact) mass is 438 g/mol. The van der Waals surface area contributed by atoms with Crippen molar-refractivity contribution in [2.45, 2.75) is 140 Å². The molecule has 0 amide bonds. The Balaban J connectivity index is 2.19. The van der Waals surface area contributed by atoms with Gasteiger partial charge in [-0.2, -0.15) is 0 Å². The standard InChI is InChI=1S/C24H46O3Si2/c1-7-20(3)29(21-14-10-8-11-15-21,22-16-12-9-13-17-22)26-23(25)19(2)18-28-27-24(4,5)6/h19-22H,7-18H2,1-6H3. The van der Waals surface area contributed by atoms with Crippen LogP contribution < -0.4 is 0 Å². The van der Waals surface area contributed by atoms with E-state index in [2.05, 4.69) is 41.5 Å². The molecule has 2 atom stereocenters. The van der Waals surface area contributed by atoms with Gasteiger partial charge < -0.3 is 8.85 Å². The highest BCUT2D eigenvalue weighted by Crippen LogP contribution is 2.54. The maximum atomic E-state index is 13.4. The lowest BCUT2D eigenvalue weighted by atomic mass is 9.99. The van der Waals surface area contributed by atoms with Crippen LogP contribution in [0.2, 0.25) is 22.7 Å². The highest BCUT2D eigenvalue weighted by Gasteiger charge is 2.55. The van der Waals surface area contributed by atoms with Crippen LogP contribution in [0.5, 0.6) is 0 Å². The van der Waals surface area contributed by atoms with Crippen LogP contribution in [0.15, 0.2) is 0 Å². The van der Waals surface area contributed by atoms with Gasteiger partial charge in [-0.05, 0) is 69.1 Å². The van der Waals surface area contributed by atoms with Crippen LogP contribution in [-0.4, -0.2) is 29.7 Å². The molecule has 3 nitrogen and oxygen atoms in total. The van der Waals surface area contributed by atoms with Gasteiger partial charge in [0.1, 0.15) is 0 Å². The van der Waals surface area contributed by atoms with Crippen molar-refractivity contribution in [1.82, 2.24) is 0 Å². The van der Waals surface area contributed by atoms with Crippen molar-refractivity contribution in [3.05, 3.63) is 0 Å². The zero-order chi connectivity index (χ0) is 21.5. The lowest BCUT2D eigenvalue weighted by Gasteiger charge is -2.49. The highest BCUT2D eigenvalue weighted by atomic mass is 28.4. The number of hydrogen-bond donors (Lipinski definition) is 0. The van der Waals surface area contributed by atoms with Crippen molar-refractivity contribution in [3.63, 3.8) is 0 Å². The fraction of sp³-hybridized carbons (Fsp3) is 0.958. The third-order valence-electron chi connectivity index (χ3n) is 7.32. The van der Waals surface area contributed by atoms with Gasteiger partial charge in [0.2, 0.25) is 9.76 Å². The second kappa shape index (κ2) is 11.5. The summed E-state index contributed by atoms with van der Waals surface area (Å²) in [7, 11) is -1.82. The SMILES string of the molecule is CCC(C)[Si](OC(=O)C(C)C[Si]OC(C)(C)C)(C1CCCCC1)C1CCCCC1. The van der Waals surface area contributed by atoms with Gasteiger partial charge in [-0.1, -0.05) is 65.7 Å². The minimum absolute atomic E-state index is 0.0567. The van der Waals surface area contributed by atoms with Gasteiger partial charge in [-0.3, -0.25) is 4.79 Å². The minimum atomic E-state index is -2.19. The van der Waals surface area contributed by atoms with Crippen LogP contribution in [0.4, 0.5) is 0 Å². The summed E-state index contributed by atoms with van der Waals surface area (Å²) in [4.78, 5) is 13.4. The Kier molecular flexibility index (Phi) is 9.94. The van der Waals surface area contributed by atoms with Crippen molar-refractivity contribution in [2.75, 3.05) is 0 Å². The van der Waals surface area contributed by atoms with Crippen molar-refractivity contribution < 1.29 is 13.6 Å². The lowest BCUT2D eigenvalue weighted by Crippen LogP contribution is -2.54. The first-order chi connectivity index (χ1) is 13.7. The normalized spacial score (nSPS) is 22.3. The van der Waals surface area contributed by atoms with E-state index in [4.69, 9.17) is 8.85 Å². The van der Waals surface area contributed by atoms with E-state index in [1.807, 2.05) is 0 Å². The Morgan fingerprint density at radius 1 is 0.966 bits per heavy atom. The highest BCUT2D eigenvalue weighted by molar-refractivity contribution is 6.79. The maximum absolute atomic E-state index is 13.4. The first kappa shape index (κ1) is 25.1. The molecule has 2 aliphatic carbocycles. The quantitative estimate of drug-likeness (QED) is 0.351. The van der Waals surface area contributed by atoms with Crippen LogP contribution in [0.25, 0.3) is 0 Å². The molecule has 168 valence electrons. The van der Waals surface area contributed by atoms with Crippen molar-refractivity contribution in [3.8, 4) is 0 Å². The molecule has 5 heteroatoms. The van der Waals surface area contributed by atoms with E-state index in [-0.39, 0.29) is 17.5 Å². The molecule has 0 aliphatic heterocycles. The molecule has 0 N–H and O–H groups in total. The Morgan fingerprint density at radius 3 is 1.86 bits per heavy atom. The number of rotatable bonds is 9. The molecule has 0 aromatic carbocycles. The predicted octanol–water partition coefficient (Wildman–Crippen LogP) is 7.43. The molecule has 0 saturated heterocycles. The lowest BCUT2D eigenvalue weighted by molar-refractivity contribution is -0.139. The summed E-state index contributed by atoms with van der Waals surface area (Å²) in [6.45, 7) is 13.0. The van der Waals surface area contributed by atoms with Crippen molar-refractivity contribution >= 4 is 24.0 Å². The summed E-state index contributed by atoms with van der Waals surface area (Å²) >= 11 is 0. The number of carbonyl (C=O) groups is 1. The Bertz CT molecular complexity index is 473. The van der Waals surface area contributed by atoms with Gasteiger partial charge in [0.15, 0.2) is 0 Å². The Labute approximate surface area is 184 Å². The summed E-state index contributed by atoms with van der Waals surface area (Å²) in [6.07, 6.45) is 14.4. The zero-order valence-corrected chi connectivity index (χ0v) is 22.0. The van der Waals surface area contributed by atoms with Crippen LogP contribution in [0.1, 0.15) is 112 Å². The maximum Gasteiger partial charge on any atom is 0.295 e. The van der Waals surface area contributed by atoms with Crippen LogP contribution >= 0.6 is 0 Å². The molecule has 2 rings (SSSR count). The van der Waals surface area contributed by atoms with E-state index in [0.29, 0.717) is 26.4 Å². The molecule has 2 fully saturated rings. The molecule has 0 aromatic heterocycles. The van der Waals surface area contributed by atoms with Crippen LogP contribution in [-0.2, 0) is 13.6 Å². The zero-order valence-electron chi connectivity index (χ0n) is 20.0. The second-order valence-electron chi connectivity index (χ2n) is 10.7. The van der Waals surface area contributed by atoms with E-state index < -0.39 is 8.32 Å². The number of hydrogen-bond acceptors (Lipinski definition) is 3. The molecule has 0 bridgehead atoms.